The van der Waals surface area contributed by atoms with Crippen molar-refractivity contribution in [1.29, 1.82) is 0 Å². The van der Waals surface area contributed by atoms with E-state index in [1.807, 2.05) is 11.4 Å². The second-order valence-corrected chi connectivity index (χ2v) is 11.1. The lowest BCUT2D eigenvalue weighted by Gasteiger charge is -2.37. The van der Waals surface area contributed by atoms with Crippen molar-refractivity contribution in [1.82, 2.24) is 14.6 Å². The Hall–Kier alpha value is -1.77. The first-order valence-electron chi connectivity index (χ1n) is 10.2. The fourth-order valence-electron chi connectivity index (χ4n) is 4.77. The molecular weight excluding hydrogens is 406 g/mol. The minimum Gasteiger partial charge on any atom is -0.355 e. The normalized spacial score (nSPS) is 22.0. The van der Waals surface area contributed by atoms with Crippen molar-refractivity contribution in [2.75, 3.05) is 19.6 Å². The van der Waals surface area contributed by atoms with Gasteiger partial charge in [0.2, 0.25) is 15.9 Å². The average Bonchev–Trinajstić information content (AvgIpc) is 3.38. The van der Waals surface area contributed by atoms with Gasteiger partial charge in [-0.3, -0.25) is 9.78 Å². The lowest BCUT2D eigenvalue weighted by atomic mass is 9.67. The lowest BCUT2D eigenvalue weighted by Crippen LogP contribution is -2.43. The highest BCUT2D eigenvalue weighted by Gasteiger charge is 2.53. The third-order valence-electron chi connectivity index (χ3n) is 6.31. The molecule has 0 radical (unpaired) electrons. The Balaban J connectivity index is 1.51. The minimum absolute atomic E-state index is 0.00709. The second-order valence-electron chi connectivity index (χ2n) is 8.08. The predicted molar refractivity (Wildman–Crippen MR) is 113 cm³/mol. The van der Waals surface area contributed by atoms with Gasteiger partial charge in [-0.2, -0.15) is 4.31 Å². The smallest absolute Gasteiger partial charge is 0.244 e. The SMILES string of the molecule is O=C(NCCc1cccs1)[C@H]1CN(S(=O)(=O)c2cccnc2)CC12CCCCC2. The van der Waals surface area contributed by atoms with E-state index in [0.717, 1.165) is 38.5 Å². The van der Waals surface area contributed by atoms with Crippen molar-refractivity contribution in [3.63, 3.8) is 0 Å². The van der Waals surface area contributed by atoms with E-state index in [-0.39, 0.29) is 28.7 Å². The van der Waals surface area contributed by atoms with Gasteiger partial charge in [0.1, 0.15) is 4.90 Å². The van der Waals surface area contributed by atoms with Crippen LogP contribution >= 0.6 is 11.3 Å². The molecule has 1 saturated heterocycles. The van der Waals surface area contributed by atoms with E-state index in [2.05, 4.69) is 16.4 Å². The van der Waals surface area contributed by atoms with Gasteiger partial charge in [-0.1, -0.05) is 25.3 Å². The van der Waals surface area contributed by atoms with Crippen molar-refractivity contribution >= 4 is 27.3 Å². The van der Waals surface area contributed by atoms with E-state index in [4.69, 9.17) is 0 Å². The number of amides is 1. The quantitative estimate of drug-likeness (QED) is 0.759. The molecule has 1 amide bonds. The number of carbonyl (C=O) groups is 1. The highest BCUT2D eigenvalue weighted by molar-refractivity contribution is 7.89. The van der Waals surface area contributed by atoms with Gasteiger partial charge in [0.05, 0.1) is 5.92 Å². The van der Waals surface area contributed by atoms with E-state index in [1.165, 1.54) is 15.4 Å². The van der Waals surface area contributed by atoms with Crippen LogP contribution in [0.25, 0.3) is 0 Å². The van der Waals surface area contributed by atoms with Crippen LogP contribution in [0.4, 0.5) is 0 Å². The molecule has 0 aromatic carbocycles. The Morgan fingerprint density at radius 3 is 2.76 bits per heavy atom. The monoisotopic (exact) mass is 433 g/mol. The summed E-state index contributed by atoms with van der Waals surface area (Å²) in [5.74, 6) is -0.301. The topological polar surface area (TPSA) is 79.4 Å². The van der Waals surface area contributed by atoms with Crippen LogP contribution < -0.4 is 5.32 Å². The number of thiophene rings is 1. The third kappa shape index (κ3) is 4.25. The maximum absolute atomic E-state index is 13.2. The van der Waals surface area contributed by atoms with Crippen molar-refractivity contribution < 1.29 is 13.2 Å². The van der Waals surface area contributed by atoms with E-state index < -0.39 is 10.0 Å². The van der Waals surface area contributed by atoms with Gasteiger partial charge in [0.25, 0.3) is 0 Å². The molecule has 1 aliphatic carbocycles. The number of hydrogen-bond acceptors (Lipinski definition) is 5. The third-order valence-corrected chi connectivity index (χ3v) is 9.04. The predicted octanol–water partition coefficient (Wildman–Crippen LogP) is 3.07. The molecule has 8 heteroatoms. The molecule has 2 aromatic rings. The van der Waals surface area contributed by atoms with Crippen molar-refractivity contribution in [2.45, 2.75) is 43.4 Å². The number of hydrogen-bond donors (Lipinski definition) is 1. The minimum atomic E-state index is -3.64. The van der Waals surface area contributed by atoms with Crippen LogP contribution in [0.15, 0.2) is 46.9 Å². The first kappa shape index (κ1) is 20.5. The van der Waals surface area contributed by atoms with E-state index in [9.17, 15) is 13.2 Å². The highest BCUT2D eigenvalue weighted by atomic mass is 32.2. The number of nitrogens with one attached hydrogen (secondary N) is 1. The van der Waals surface area contributed by atoms with Gasteiger partial charge in [0, 0.05) is 36.9 Å². The Morgan fingerprint density at radius 1 is 1.24 bits per heavy atom. The zero-order chi connectivity index (χ0) is 20.3. The molecule has 4 rings (SSSR count). The standard InChI is InChI=1S/C21H27N3O3S2/c25-20(23-12-8-17-6-5-13-28-17)19-15-24(16-21(19)9-2-1-3-10-21)29(26,27)18-7-4-11-22-14-18/h4-7,11,13-14,19H,1-3,8-10,12,15-16H2,(H,23,25)/t19-/m1/s1. The maximum Gasteiger partial charge on any atom is 0.244 e. The Kier molecular flexibility index (Phi) is 6.03. The summed E-state index contributed by atoms with van der Waals surface area (Å²) >= 11 is 1.69. The zero-order valence-corrected chi connectivity index (χ0v) is 18.1. The summed E-state index contributed by atoms with van der Waals surface area (Å²) in [6.07, 6.45) is 8.85. The Bertz CT molecular complexity index is 923. The molecule has 1 aliphatic heterocycles. The molecule has 29 heavy (non-hydrogen) atoms. The van der Waals surface area contributed by atoms with Crippen molar-refractivity contribution in [2.24, 2.45) is 11.3 Å². The zero-order valence-electron chi connectivity index (χ0n) is 16.4. The lowest BCUT2D eigenvalue weighted by molar-refractivity contribution is -0.128. The molecule has 1 N–H and O–H groups in total. The molecule has 1 spiro atoms. The fourth-order valence-corrected chi connectivity index (χ4v) is 6.99. The molecule has 3 heterocycles. The molecule has 0 unspecified atom stereocenters. The summed E-state index contributed by atoms with van der Waals surface area (Å²) in [5, 5.41) is 5.11. The Morgan fingerprint density at radius 2 is 2.07 bits per heavy atom. The van der Waals surface area contributed by atoms with Crippen LogP contribution in [0.5, 0.6) is 0 Å². The molecule has 0 bridgehead atoms. The summed E-state index contributed by atoms with van der Waals surface area (Å²) in [6, 6.07) is 7.28. The van der Waals surface area contributed by atoms with Crippen LogP contribution in [-0.2, 0) is 21.2 Å². The number of sulfonamides is 1. The molecular formula is C21H27N3O3S2. The van der Waals surface area contributed by atoms with E-state index in [0.29, 0.717) is 13.1 Å². The molecule has 6 nitrogen and oxygen atoms in total. The van der Waals surface area contributed by atoms with Crippen LogP contribution in [-0.4, -0.2) is 43.2 Å². The highest BCUT2D eigenvalue weighted by Crippen LogP contribution is 2.48. The van der Waals surface area contributed by atoms with Gasteiger partial charge in [0.15, 0.2) is 0 Å². The van der Waals surface area contributed by atoms with Crippen LogP contribution in [0.1, 0.15) is 37.0 Å². The Labute approximate surface area is 176 Å². The van der Waals surface area contributed by atoms with Gasteiger partial charge >= 0.3 is 0 Å². The summed E-state index contributed by atoms with van der Waals surface area (Å²) < 4.78 is 27.8. The number of carbonyl (C=O) groups excluding carboxylic acids is 1. The van der Waals surface area contributed by atoms with Gasteiger partial charge in [-0.05, 0) is 48.3 Å². The summed E-state index contributed by atoms with van der Waals surface area (Å²) in [6.45, 7) is 1.26. The second kappa shape index (κ2) is 8.53. The number of aromatic nitrogens is 1. The number of pyridine rings is 1. The molecule has 2 aromatic heterocycles. The molecule has 156 valence electrons. The van der Waals surface area contributed by atoms with Crippen molar-refractivity contribution in [3.05, 3.63) is 46.9 Å². The number of rotatable bonds is 6. The fraction of sp³-hybridized carbons (Fsp3) is 0.524. The van der Waals surface area contributed by atoms with Crippen LogP contribution in [0.3, 0.4) is 0 Å². The van der Waals surface area contributed by atoms with Crippen LogP contribution in [0, 0.1) is 11.3 Å². The average molecular weight is 434 g/mol. The van der Waals surface area contributed by atoms with Crippen LogP contribution in [0.2, 0.25) is 0 Å². The van der Waals surface area contributed by atoms with Crippen molar-refractivity contribution in [3.8, 4) is 0 Å². The summed E-state index contributed by atoms with van der Waals surface area (Å²) in [4.78, 5) is 18.5. The van der Waals surface area contributed by atoms with Gasteiger partial charge < -0.3 is 5.32 Å². The first-order valence-corrected chi connectivity index (χ1v) is 12.5. The van der Waals surface area contributed by atoms with E-state index in [1.54, 1.807) is 29.7 Å². The molecule has 1 saturated carbocycles. The van der Waals surface area contributed by atoms with Gasteiger partial charge in [-0.15, -0.1) is 11.3 Å². The number of nitrogens with zero attached hydrogens (tertiary/aromatic N) is 2. The first-order chi connectivity index (χ1) is 14.0. The largest absolute Gasteiger partial charge is 0.355 e. The maximum atomic E-state index is 13.2. The summed E-state index contributed by atoms with van der Waals surface area (Å²) in [7, 11) is -3.64. The molecule has 2 aliphatic rings. The summed E-state index contributed by atoms with van der Waals surface area (Å²) in [5.41, 5.74) is -0.249. The molecule has 2 fully saturated rings. The van der Waals surface area contributed by atoms with E-state index >= 15 is 0 Å². The molecule has 1 atom stereocenters. The van der Waals surface area contributed by atoms with Gasteiger partial charge in [-0.25, -0.2) is 8.42 Å².